The van der Waals surface area contributed by atoms with E-state index in [9.17, 15) is 4.79 Å². The zero-order chi connectivity index (χ0) is 12.8. The van der Waals surface area contributed by atoms with Crippen molar-refractivity contribution in [2.45, 2.75) is 13.3 Å². The Kier molecular flexibility index (Phi) is 3.91. The fourth-order valence-electron chi connectivity index (χ4n) is 1.54. The second kappa shape index (κ2) is 5.82. The normalized spacial score (nSPS) is 9.83. The van der Waals surface area contributed by atoms with Crippen molar-refractivity contribution >= 4 is 17.5 Å². The molecular weight excluding hydrogens is 226 g/mol. The molecule has 0 aliphatic carbocycles. The summed E-state index contributed by atoms with van der Waals surface area (Å²) in [4.78, 5) is 15.7. The average Bonchev–Trinajstić information content (AvgIpc) is 2.40. The summed E-state index contributed by atoms with van der Waals surface area (Å²) in [6.07, 6.45) is 2.62. The van der Waals surface area contributed by atoms with E-state index in [4.69, 9.17) is 0 Å². The minimum atomic E-state index is -0.294. The van der Waals surface area contributed by atoms with Crippen molar-refractivity contribution < 1.29 is 4.79 Å². The maximum atomic E-state index is 11.7. The lowest BCUT2D eigenvalue weighted by molar-refractivity contribution is 0.262. The van der Waals surface area contributed by atoms with E-state index < -0.39 is 0 Å². The standard InChI is InChI=1S/C14H15N3O/c1-2-11-6-8-12(9-7-11)16-14(18)17-13-5-3-4-10-15-13/h3-10H,2H2,1H3,(H2,15,16,17,18). The summed E-state index contributed by atoms with van der Waals surface area (Å²) in [5.41, 5.74) is 2.01. The molecule has 0 saturated heterocycles. The number of pyridine rings is 1. The molecule has 2 amide bonds. The lowest BCUT2D eigenvalue weighted by Crippen LogP contribution is -2.19. The van der Waals surface area contributed by atoms with E-state index in [-0.39, 0.29) is 6.03 Å². The Hall–Kier alpha value is -2.36. The number of hydrogen-bond donors (Lipinski definition) is 2. The number of amides is 2. The van der Waals surface area contributed by atoms with Crippen LogP contribution in [0.1, 0.15) is 12.5 Å². The number of carbonyl (C=O) groups excluding carboxylic acids is 1. The fraction of sp³-hybridized carbons (Fsp3) is 0.143. The Morgan fingerprint density at radius 1 is 1.11 bits per heavy atom. The van der Waals surface area contributed by atoms with Crippen molar-refractivity contribution in [2.75, 3.05) is 10.6 Å². The van der Waals surface area contributed by atoms with Crippen LogP contribution < -0.4 is 10.6 Å². The molecule has 92 valence electrons. The zero-order valence-corrected chi connectivity index (χ0v) is 10.2. The number of nitrogens with one attached hydrogen (secondary N) is 2. The molecule has 0 atom stereocenters. The van der Waals surface area contributed by atoms with Crippen molar-refractivity contribution in [1.29, 1.82) is 0 Å². The van der Waals surface area contributed by atoms with Crippen LogP contribution in [0.5, 0.6) is 0 Å². The van der Waals surface area contributed by atoms with Crippen LogP contribution >= 0.6 is 0 Å². The van der Waals surface area contributed by atoms with E-state index in [0.29, 0.717) is 5.82 Å². The number of anilines is 2. The van der Waals surface area contributed by atoms with Gasteiger partial charge in [-0.1, -0.05) is 25.1 Å². The predicted molar refractivity (Wildman–Crippen MR) is 72.7 cm³/mol. The molecule has 1 aromatic heterocycles. The van der Waals surface area contributed by atoms with Gasteiger partial charge in [0.05, 0.1) is 0 Å². The van der Waals surface area contributed by atoms with E-state index >= 15 is 0 Å². The van der Waals surface area contributed by atoms with E-state index in [1.807, 2.05) is 30.3 Å². The van der Waals surface area contributed by atoms with Gasteiger partial charge in [-0.15, -0.1) is 0 Å². The van der Waals surface area contributed by atoms with Gasteiger partial charge in [0.15, 0.2) is 0 Å². The number of urea groups is 1. The second-order valence-electron chi connectivity index (χ2n) is 3.84. The third-order valence-electron chi connectivity index (χ3n) is 2.53. The van der Waals surface area contributed by atoms with E-state index in [0.717, 1.165) is 12.1 Å². The Balaban J connectivity index is 1.94. The summed E-state index contributed by atoms with van der Waals surface area (Å²) in [7, 11) is 0. The number of aromatic nitrogens is 1. The zero-order valence-electron chi connectivity index (χ0n) is 10.2. The van der Waals surface area contributed by atoms with Gasteiger partial charge in [-0.2, -0.15) is 0 Å². The highest BCUT2D eigenvalue weighted by molar-refractivity contribution is 5.99. The van der Waals surface area contributed by atoms with Gasteiger partial charge >= 0.3 is 6.03 Å². The Morgan fingerprint density at radius 2 is 1.89 bits per heavy atom. The lowest BCUT2D eigenvalue weighted by Gasteiger charge is -2.07. The van der Waals surface area contributed by atoms with Crippen LogP contribution in [0, 0.1) is 0 Å². The average molecular weight is 241 g/mol. The number of nitrogens with zero attached hydrogens (tertiary/aromatic N) is 1. The third-order valence-corrected chi connectivity index (χ3v) is 2.53. The first-order valence-corrected chi connectivity index (χ1v) is 5.86. The smallest absolute Gasteiger partial charge is 0.308 e. The fourth-order valence-corrected chi connectivity index (χ4v) is 1.54. The van der Waals surface area contributed by atoms with Crippen molar-refractivity contribution in [2.24, 2.45) is 0 Å². The predicted octanol–water partition coefficient (Wildman–Crippen LogP) is 3.29. The van der Waals surface area contributed by atoms with Gasteiger partial charge < -0.3 is 5.32 Å². The van der Waals surface area contributed by atoms with Gasteiger partial charge in [0.25, 0.3) is 0 Å². The molecule has 0 spiro atoms. The molecular formula is C14H15N3O. The van der Waals surface area contributed by atoms with Crippen molar-refractivity contribution in [3.63, 3.8) is 0 Å². The van der Waals surface area contributed by atoms with Gasteiger partial charge in [-0.25, -0.2) is 9.78 Å². The third kappa shape index (κ3) is 3.31. The largest absolute Gasteiger partial charge is 0.324 e. The Bertz CT molecular complexity index is 508. The van der Waals surface area contributed by atoms with Gasteiger partial charge in [-0.05, 0) is 36.2 Å². The maximum Gasteiger partial charge on any atom is 0.324 e. The van der Waals surface area contributed by atoms with Crippen LogP contribution in [0.4, 0.5) is 16.3 Å². The first-order valence-electron chi connectivity index (χ1n) is 5.86. The number of aryl methyl sites for hydroxylation is 1. The molecule has 0 aliphatic rings. The van der Waals surface area contributed by atoms with Crippen LogP contribution in [0.15, 0.2) is 48.7 Å². The van der Waals surface area contributed by atoms with Crippen molar-refractivity contribution in [3.05, 3.63) is 54.2 Å². The second-order valence-corrected chi connectivity index (χ2v) is 3.84. The first kappa shape index (κ1) is 12.1. The summed E-state index contributed by atoms with van der Waals surface area (Å²) in [6.45, 7) is 2.09. The SMILES string of the molecule is CCc1ccc(NC(=O)Nc2ccccn2)cc1. The molecule has 0 saturated carbocycles. The van der Waals surface area contributed by atoms with Gasteiger partial charge in [-0.3, -0.25) is 5.32 Å². The number of carbonyl (C=O) groups is 1. The van der Waals surface area contributed by atoms with Crippen molar-refractivity contribution in [1.82, 2.24) is 4.98 Å². The molecule has 0 unspecified atom stereocenters. The van der Waals surface area contributed by atoms with E-state index in [1.54, 1.807) is 18.3 Å². The minimum Gasteiger partial charge on any atom is -0.308 e. The van der Waals surface area contributed by atoms with Crippen LogP contribution in [0.25, 0.3) is 0 Å². The Labute approximate surface area is 106 Å². The monoisotopic (exact) mass is 241 g/mol. The molecule has 1 heterocycles. The van der Waals surface area contributed by atoms with Crippen LogP contribution in [-0.4, -0.2) is 11.0 Å². The molecule has 2 aromatic rings. The summed E-state index contributed by atoms with van der Waals surface area (Å²) in [6, 6.07) is 12.8. The molecule has 0 fully saturated rings. The molecule has 1 aromatic carbocycles. The molecule has 0 bridgehead atoms. The molecule has 0 aliphatic heterocycles. The summed E-state index contributed by atoms with van der Waals surface area (Å²) >= 11 is 0. The van der Waals surface area contributed by atoms with Gasteiger partial charge in [0.1, 0.15) is 5.82 Å². The number of hydrogen-bond acceptors (Lipinski definition) is 2. The quantitative estimate of drug-likeness (QED) is 0.866. The topological polar surface area (TPSA) is 54.0 Å². The van der Waals surface area contributed by atoms with Crippen LogP contribution in [0.3, 0.4) is 0 Å². The molecule has 0 radical (unpaired) electrons. The minimum absolute atomic E-state index is 0.294. The summed E-state index contributed by atoms with van der Waals surface area (Å²) in [5, 5.41) is 5.41. The molecule has 4 heteroatoms. The summed E-state index contributed by atoms with van der Waals surface area (Å²) in [5.74, 6) is 0.528. The maximum absolute atomic E-state index is 11.7. The number of benzene rings is 1. The molecule has 18 heavy (non-hydrogen) atoms. The Morgan fingerprint density at radius 3 is 2.50 bits per heavy atom. The summed E-state index contributed by atoms with van der Waals surface area (Å²) < 4.78 is 0. The van der Waals surface area contributed by atoms with Crippen LogP contribution in [0.2, 0.25) is 0 Å². The van der Waals surface area contributed by atoms with Gasteiger partial charge in [0.2, 0.25) is 0 Å². The molecule has 2 N–H and O–H groups in total. The van der Waals surface area contributed by atoms with Gasteiger partial charge in [0, 0.05) is 11.9 Å². The first-order chi connectivity index (χ1) is 8.78. The van der Waals surface area contributed by atoms with E-state index in [2.05, 4.69) is 22.5 Å². The molecule has 4 nitrogen and oxygen atoms in total. The highest BCUT2D eigenvalue weighted by Gasteiger charge is 2.02. The highest BCUT2D eigenvalue weighted by atomic mass is 16.2. The van der Waals surface area contributed by atoms with Crippen molar-refractivity contribution in [3.8, 4) is 0 Å². The highest BCUT2D eigenvalue weighted by Crippen LogP contribution is 2.10. The lowest BCUT2D eigenvalue weighted by atomic mass is 10.1. The molecule has 2 rings (SSSR count). The van der Waals surface area contributed by atoms with E-state index in [1.165, 1.54) is 5.56 Å². The van der Waals surface area contributed by atoms with Crippen LogP contribution in [-0.2, 0) is 6.42 Å². The number of rotatable bonds is 3.